The molecule has 6 heteroatoms. The molecule has 0 saturated carbocycles. The molecule has 26 heavy (non-hydrogen) atoms. The third-order valence-electron chi connectivity index (χ3n) is 4.18. The van der Waals surface area contributed by atoms with E-state index in [1.165, 1.54) is 18.2 Å². The van der Waals surface area contributed by atoms with Crippen molar-refractivity contribution in [2.75, 3.05) is 6.54 Å². The topological polar surface area (TPSA) is 55.1 Å². The number of halogens is 2. The van der Waals surface area contributed by atoms with Crippen molar-refractivity contribution in [2.45, 2.75) is 19.3 Å². The molecule has 0 radical (unpaired) electrons. The number of nitrogens with zero attached hydrogens (tertiary/aromatic N) is 1. The first-order valence-corrected chi connectivity index (χ1v) is 8.13. The molecule has 0 fully saturated rings. The Morgan fingerprint density at radius 1 is 1.08 bits per heavy atom. The van der Waals surface area contributed by atoms with E-state index in [1.807, 2.05) is 13.8 Å². The number of nitrogens with one attached hydrogen (secondary N) is 1. The maximum atomic E-state index is 14.0. The number of benzene rings is 2. The second-order valence-corrected chi connectivity index (χ2v) is 6.60. The molecule has 1 aromatic heterocycles. The summed E-state index contributed by atoms with van der Waals surface area (Å²) in [5.74, 6) is -1.09. The Balaban J connectivity index is 1.71. The van der Waals surface area contributed by atoms with E-state index >= 15 is 0 Å². The molecule has 3 aromatic rings. The SMILES string of the molecule is CC(C)(CNC(=O)c1cc(-c2ccccc2F)on1)c1ccccc1F. The van der Waals surface area contributed by atoms with Crippen LogP contribution < -0.4 is 5.32 Å². The molecule has 1 heterocycles. The molecular formula is C20H18F2N2O2. The lowest BCUT2D eigenvalue weighted by Crippen LogP contribution is -2.37. The van der Waals surface area contributed by atoms with Gasteiger partial charge in [-0.15, -0.1) is 0 Å². The van der Waals surface area contributed by atoms with E-state index in [0.29, 0.717) is 5.56 Å². The molecule has 0 spiro atoms. The molecule has 1 N–H and O–H groups in total. The van der Waals surface area contributed by atoms with Gasteiger partial charge >= 0.3 is 0 Å². The molecule has 0 atom stereocenters. The van der Waals surface area contributed by atoms with E-state index < -0.39 is 17.1 Å². The molecule has 0 aliphatic rings. The number of hydrogen-bond donors (Lipinski definition) is 1. The summed E-state index contributed by atoms with van der Waals surface area (Å²) >= 11 is 0. The van der Waals surface area contributed by atoms with Crippen LogP contribution in [0.25, 0.3) is 11.3 Å². The van der Waals surface area contributed by atoms with Gasteiger partial charge in [0.05, 0.1) is 5.56 Å². The van der Waals surface area contributed by atoms with Gasteiger partial charge in [0.15, 0.2) is 11.5 Å². The molecule has 0 aliphatic heterocycles. The number of aromatic nitrogens is 1. The number of amides is 1. The maximum Gasteiger partial charge on any atom is 0.273 e. The smallest absolute Gasteiger partial charge is 0.273 e. The minimum absolute atomic E-state index is 0.0348. The third-order valence-corrected chi connectivity index (χ3v) is 4.18. The minimum Gasteiger partial charge on any atom is -0.355 e. The van der Waals surface area contributed by atoms with E-state index in [2.05, 4.69) is 10.5 Å². The van der Waals surface area contributed by atoms with Gasteiger partial charge in [-0.3, -0.25) is 4.79 Å². The summed E-state index contributed by atoms with van der Waals surface area (Å²) in [6, 6.07) is 13.9. The van der Waals surface area contributed by atoms with Crippen molar-refractivity contribution in [3.05, 3.63) is 77.5 Å². The Morgan fingerprint density at radius 2 is 1.73 bits per heavy atom. The molecule has 134 valence electrons. The first-order valence-electron chi connectivity index (χ1n) is 8.13. The summed E-state index contributed by atoms with van der Waals surface area (Å²) in [5, 5.41) is 6.42. The molecule has 0 saturated heterocycles. The lowest BCUT2D eigenvalue weighted by atomic mass is 9.84. The van der Waals surface area contributed by atoms with Gasteiger partial charge in [0.25, 0.3) is 5.91 Å². The van der Waals surface area contributed by atoms with E-state index in [4.69, 9.17) is 4.52 Å². The average molecular weight is 356 g/mol. The largest absolute Gasteiger partial charge is 0.355 e. The van der Waals surface area contributed by atoms with E-state index in [9.17, 15) is 13.6 Å². The van der Waals surface area contributed by atoms with Crippen LogP contribution in [0.1, 0.15) is 29.9 Å². The molecule has 0 aliphatic carbocycles. The van der Waals surface area contributed by atoms with Crippen molar-refractivity contribution in [1.82, 2.24) is 10.5 Å². The molecular weight excluding hydrogens is 338 g/mol. The van der Waals surface area contributed by atoms with Gasteiger partial charge < -0.3 is 9.84 Å². The number of carbonyl (C=O) groups excluding carboxylic acids is 1. The zero-order chi connectivity index (χ0) is 18.7. The van der Waals surface area contributed by atoms with Crippen LogP contribution in [0.2, 0.25) is 0 Å². The molecule has 3 rings (SSSR count). The van der Waals surface area contributed by atoms with Crippen molar-refractivity contribution in [1.29, 1.82) is 0 Å². The third kappa shape index (κ3) is 3.64. The zero-order valence-electron chi connectivity index (χ0n) is 14.4. The first kappa shape index (κ1) is 17.8. The van der Waals surface area contributed by atoms with Gasteiger partial charge in [-0.25, -0.2) is 8.78 Å². The van der Waals surface area contributed by atoms with Crippen LogP contribution in [0.4, 0.5) is 8.78 Å². The first-order chi connectivity index (χ1) is 12.4. The van der Waals surface area contributed by atoms with Crippen LogP contribution in [0.3, 0.4) is 0 Å². The van der Waals surface area contributed by atoms with E-state index in [-0.39, 0.29) is 29.4 Å². The second-order valence-electron chi connectivity index (χ2n) is 6.60. The number of hydrogen-bond acceptors (Lipinski definition) is 3. The van der Waals surface area contributed by atoms with Gasteiger partial charge in [0.1, 0.15) is 11.6 Å². The summed E-state index contributed by atoms with van der Waals surface area (Å²) < 4.78 is 32.9. The molecule has 4 nitrogen and oxygen atoms in total. The Bertz CT molecular complexity index is 935. The summed E-state index contributed by atoms with van der Waals surface area (Å²) in [6.45, 7) is 3.87. The van der Waals surface area contributed by atoms with Crippen LogP contribution in [-0.2, 0) is 5.41 Å². The second kappa shape index (κ2) is 7.07. The molecule has 0 bridgehead atoms. The predicted molar refractivity (Wildman–Crippen MR) is 93.7 cm³/mol. The minimum atomic E-state index is -0.612. The summed E-state index contributed by atoms with van der Waals surface area (Å²) in [6.07, 6.45) is 0. The fourth-order valence-corrected chi connectivity index (χ4v) is 2.67. The average Bonchev–Trinajstić information content (AvgIpc) is 3.10. The summed E-state index contributed by atoms with van der Waals surface area (Å²) in [5.41, 5.74) is 0.157. The molecule has 1 amide bonds. The fraction of sp³-hybridized carbons (Fsp3) is 0.200. The Kier molecular flexibility index (Phi) is 4.84. The van der Waals surface area contributed by atoms with Gasteiger partial charge in [-0.05, 0) is 23.8 Å². The monoisotopic (exact) mass is 356 g/mol. The number of carbonyl (C=O) groups is 1. The summed E-state index contributed by atoms with van der Waals surface area (Å²) in [4.78, 5) is 12.3. The quantitative estimate of drug-likeness (QED) is 0.740. The molecule has 2 aromatic carbocycles. The standard InChI is InChI=1S/C20H18F2N2O2/c1-20(2,14-8-4-6-10-16(14)22)12-23-19(25)17-11-18(26-24-17)13-7-3-5-9-15(13)21/h3-11H,12H2,1-2H3,(H,23,25). The van der Waals surface area contributed by atoms with Gasteiger partial charge in [0, 0.05) is 18.0 Å². The lowest BCUT2D eigenvalue weighted by molar-refractivity contribution is 0.0936. The van der Waals surface area contributed by atoms with Gasteiger partial charge in [0.2, 0.25) is 0 Å². The summed E-state index contributed by atoms with van der Waals surface area (Å²) in [7, 11) is 0. The zero-order valence-corrected chi connectivity index (χ0v) is 14.4. The highest BCUT2D eigenvalue weighted by atomic mass is 19.1. The van der Waals surface area contributed by atoms with E-state index in [1.54, 1.807) is 36.4 Å². The van der Waals surface area contributed by atoms with Crippen LogP contribution in [0, 0.1) is 11.6 Å². The van der Waals surface area contributed by atoms with Crippen LogP contribution in [0.15, 0.2) is 59.1 Å². The highest BCUT2D eigenvalue weighted by molar-refractivity contribution is 5.93. The van der Waals surface area contributed by atoms with Crippen molar-refractivity contribution in [2.24, 2.45) is 0 Å². The number of rotatable bonds is 5. The highest BCUT2D eigenvalue weighted by Crippen LogP contribution is 2.26. The lowest BCUT2D eigenvalue weighted by Gasteiger charge is -2.25. The predicted octanol–water partition coefficient (Wildman–Crippen LogP) is 4.33. The Morgan fingerprint density at radius 3 is 2.42 bits per heavy atom. The van der Waals surface area contributed by atoms with Crippen LogP contribution in [-0.4, -0.2) is 17.6 Å². The van der Waals surface area contributed by atoms with Crippen molar-refractivity contribution in [3.63, 3.8) is 0 Å². The van der Waals surface area contributed by atoms with Crippen molar-refractivity contribution >= 4 is 5.91 Å². The van der Waals surface area contributed by atoms with Crippen molar-refractivity contribution < 1.29 is 18.1 Å². The van der Waals surface area contributed by atoms with Gasteiger partial charge in [-0.1, -0.05) is 49.3 Å². The Labute approximate surface area is 149 Å². The van der Waals surface area contributed by atoms with Crippen LogP contribution >= 0.6 is 0 Å². The Hall–Kier alpha value is -3.02. The maximum absolute atomic E-state index is 14.0. The highest BCUT2D eigenvalue weighted by Gasteiger charge is 2.25. The van der Waals surface area contributed by atoms with Crippen LogP contribution in [0.5, 0.6) is 0 Å². The van der Waals surface area contributed by atoms with E-state index in [0.717, 1.165) is 0 Å². The normalized spacial score (nSPS) is 11.4. The molecule has 0 unspecified atom stereocenters. The fourth-order valence-electron chi connectivity index (χ4n) is 2.67. The van der Waals surface area contributed by atoms with Crippen molar-refractivity contribution in [3.8, 4) is 11.3 Å². The van der Waals surface area contributed by atoms with Gasteiger partial charge in [-0.2, -0.15) is 0 Å².